The number of rotatable bonds is 3. The van der Waals surface area contributed by atoms with Crippen LogP contribution in [0.1, 0.15) is 57.8 Å². The van der Waals surface area contributed by atoms with Crippen molar-refractivity contribution < 1.29 is 9.53 Å². The molecule has 2 atom stereocenters. The Morgan fingerprint density at radius 1 is 1.13 bits per heavy atom. The zero-order chi connectivity index (χ0) is 20.7. The molecule has 1 aliphatic heterocycles. The van der Waals surface area contributed by atoms with Crippen molar-refractivity contribution in [2.75, 3.05) is 18.6 Å². The summed E-state index contributed by atoms with van der Waals surface area (Å²) in [4.78, 5) is 20.0. The molecule has 1 amide bonds. The number of carbonyl (C=O) groups excluding carboxylic acids is 1. The number of ether oxygens (including phenoxy) is 1. The van der Waals surface area contributed by atoms with Crippen molar-refractivity contribution in [3.8, 4) is 11.4 Å². The van der Waals surface area contributed by atoms with Gasteiger partial charge in [-0.1, -0.05) is 43.7 Å². The van der Waals surface area contributed by atoms with Gasteiger partial charge in [0.2, 0.25) is 5.95 Å². The molecule has 3 aliphatic rings. The van der Waals surface area contributed by atoms with Gasteiger partial charge in [0, 0.05) is 29.7 Å². The highest BCUT2D eigenvalue weighted by Gasteiger charge is 2.55. The lowest BCUT2D eigenvalue weighted by Crippen LogP contribution is -2.62. The maximum absolute atomic E-state index is 13.2. The van der Waals surface area contributed by atoms with Gasteiger partial charge in [-0.05, 0) is 49.9 Å². The Morgan fingerprint density at radius 2 is 1.87 bits per heavy atom. The van der Waals surface area contributed by atoms with Crippen molar-refractivity contribution in [1.82, 2.24) is 14.8 Å². The van der Waals surface area contributed by atoms with E-state index < -0.39 is 0 Å². The number of nitrogens with zero attached hydrogens (tertiary/aromatic N) is 4. The first-order valence-electron chi connectivity index (χ1n) is 11.2. The summed E-state index contributed by atoms with van der Waals surface area (Å²) < 4.78 is 7.36. The largest absolute Gasteiger partial charge is 0.375 e. The Kier molecular flexibility index (Phi) is 5.31. The molecular formula is C23H29ClN4O2. The molecule has 0 bridgehead atoms. The van der Waals surface area contributed by atoms with Gasteiger partial charge in [0.1, 0.15) is 6.61 Å². The molecule has 30 heavy (non-hydrogen) atoms. The minimum atomic E-state index is -0.0276. The highest BCUT2D eigenvalue weighted by Crippen LogP contribution is 2.53. The quantitative estimate of drug-likeness (QED) is 0.703. The van der Waals surface area contributed by atoms with E-state index in [-0.39, 0.29) is 24.1 Å². The summed E-state index contributed by atoms with van der Waals surface area (Å²) in [6, 6.07) is 7.81. The standard InChI is InChI=1S/C23H29ClN4O2/c1-30-15-20(29)27-19-8-4-3-7-18(19)23(13-5-2-6-14-23)28-22(27)25-21(26-28)16-9-11-17(24)12-10-16/h9-12,18-19H,2-8,13-15H2,1H3/t18-,19+/m1/s1. The second-order valence-corrected chi connectivity index (χ2v) is 9.41. The van der Waals surface area contributed by atoms with E-state index in [4.69, 9.17) is 26.4 Å². The van der Waals surface area contributed by atoms with E-state index in [1.807, 2.05) is 29.2 Å². The Labute approximate surface area is 182 Å². The van der Waals surface area contributed by atoms with E-state index >= 15 is 0 Å². The molecule has 0 N–H and O–H groups in total. The highest BCUT2D eigenvalue weighted by molar-refractivity contribution is 6.30. The monoisotopic (exact) mass is 428 g/mol. The smallest absolute Gasteiger partial charge is 0.255 e. The Morgan fingerprint density at radius 3 is 2.60 bits per heavy atom. The normalized spacial score (nSPS) is 25.1. The number of hydrogen-bond acceptors (Lipinski definition) is 4. The highest BCUT2D eigenvalue weighted by atomic mass is 35.5. The lowest BCUT2D eigenvalue weighted by Gasteiger charge is -2.55. The summed E-state index contributed by atoms with van der Waals surface area (Å²) in [5.74, 6) is 1.78. The third kappa shape index (κ3) is 3.16. The van der Waals surface area contributed by atoms with Crippen molar-refractivity contribution in [2.24, 2.45) is 5.92 Å². The van der Waals surface area contributed by atoms with Crippen LogP contribution in [0.2, 0.25) is 5.02 Å². The fourth-order valence-electron chi connectivity index (χ4n) is 6.07. The Hall–Kier alpha value is -1.92. The predicted molar refractivity (Wildman–Crippen MR) is 117 cm³/mol. The van der Waals surface area contributed by atoms with Crippen LogP contribution in [0, 0.1) is 5.92 Å². The summed E-state index contributed by atoms with van der Waals surface area (Å²) in [6.07, 6.45) is 10.5. The van der Waals surface area contributed by atoms with Gasteiger partial charge in [0.15, 0.2) is 5.82 Å². The zero-order valence-corrected chi connectivity index (χ0v) is 18.3. The summed E-state index contributed by atoms with van der Waals surface area (Å²) in [6.45, 7) is 0.0688. The van der Waals surface area contributed by atoms with Gasteiger partial charge in [-0.15, -0.1) is 5.10 Å². The second kappa shape index (κ2) is 7.97. The number of halogens is 1. The number of fused-ring (bicyclic) bond motifs is 4. The van der Waals surface area contributed by atoms with Crippen LogP contribution in [0.25, 0.3) is 11.4 Å². The van der Waals surface area contributed by atoms with Gasteiger partial charge in [-0.25, -0.2) is 4.68 Å². The fraction of sp³-hybridized carbons (Fsp3) is 0.609. The van der Waals surface area contributed by atoms with Gasteiger partial charge in [0.25, 0.3) is 5.91 Å². The van der Waals surface area contributed by atoms with Crippen LogP contribution in [0.5, 0.6) is 0 Å². The second-order valence-electron chi connectivity index (χ2n) is 8.97. The first kappa shape index (κ1) is 20.0. The average Bonchev–Trinajstić information content (AvgIpc) is 3.21. The lowest BCUT2D eigenvalue weighted by molar-refractivity contribution is -0.124. The van der Waals surface area contributed by atoms with E-state index in [1.54, 1.807) is 7.11 Å². The van der Waals surface area contributed by atoms with Gasteiger partial charge in [0.05, 0.1) is 5.54 Å². The van der Waals surface area contributed by atoms with Crippen molar-refractivity contribution in [3.05, 3.63) is 29.3 Å². The Balaban J connectivity index is 1.67. The first-order chi connectivity index (χ1) is 14.6. The van der Waals surface area contributed by atoms with Crippen LogP contribution in [0.4, 0.5) is 5.95 Å². The van der Waals surface area contributed by atoms with Gasteiger partial charge < -0.3 is 4.74 Å². The molecule has 0 unspecified atom stereocenters. The molecule has 0 saturated heterocycles. The summed E-state index contributed by atoms with van der Waals surface area (Å²) in [7, 11) is 1.58. The lowest BCUT2D eigenvalue weighted by atomic mass is 9.64. The third-order valence-corrected chi connectivity index (χ3v) is 7.59. The molecule has 1 aromatic carbocycles. The molecule has 2 fully saturated rings. The van der Waals surface area contributed by atoms with Crippen LogP contribution in [0.15, 0.2) is 24.3 Å². The zero-order valence-electron chi connectivity index (χ0n) is 17.5. The number of benzene rings is 1. The number of aromatic nitrogens is 3. The molecule has 5 rings (SSSR count). The van der Waals surface area contributed by atoms with E-state index in [0.29, 0.717) is 22.7 Å². The average molecular weight is 429 g/mol. The molecule has 2 saturated carbocycles. The van der Waals surface area contributed by atoms with Crippen LogP contribution in [-0.4, -0.2) is 40.4 Å². The van der Waals surface area contributed by atoms with Crippen LogP contribution < -0.4 is 4.90 Å². The molecule has 1 aromatic heterocycles. The molecule has 2 aromatic rings. The van der Waals surface area contributed by atoms with Gasteiger partial charge in [-0.2, -0.15) is 4.98 Å². The fourth-order valence-corrected chi connectivity index (χ4v) is 6.19. The minimum absolute atomic E-state index is 0.0173. The molecule has 1 spiro atoms. The number of hydrogen-bond donors (Lipinski definition) is 0. The van der Waals surface area contributed by atoms with Crippen molar-refractivity contribution in [3.63, 3.8) is 0 Å². The van der Waals surface area contributed by atoms with E-state index in [1.165, 1.54) is 25.7 Å². The molecule has 160 valence electrons. The number of amides is 1. The maximum Gasteiger partial charge on any atom is 0.255 e. The van der Waals surface area contributed by atoms with Crippen LogP contribution in [-0.2, 0) is 15.1 Å². The van der Waals surface area contributed by atoms with E-state index in [2.05, 4.69) is 4.68 Å². The molecule has 2 heterocycles. The molecule has 0 radical (unpaired) electrons. The molecule has 7 heteroatoms. The summed E-state index contributed by atoms with van der Waals surface area (Å²) in [5, 5.41) is 5.73. The number of anilines is 1. The van der Waals surface area contributed by atoms with Crippen molar-refractivity contribution in [1.29, 1.82) is 0 Å². The van der Waals surface area contributed by atoms with Gasteiger partial charge >= 0.3 is 0 Å². The third-order valence-electron chi connectivity index (χ3n) is 7.34. The molecular weight excluding hydrogens is 400 g/mol. The maximum atomic E-state index is 13.2. The van der Waals surface area contributed by atoms with Crippen molar-refractivity contribution >= 4 is 23.5 Å². The SMILES string of the molecule is COCC(=O)N1c2nc(-c3ccc(Cl)cc3)nn2C2(CCCCC2)[C@@H]2CCCC[C@@H]21. The first-order valence-corrected chi connectivity index (χ1v) is 11.6. The summed E-state index contributed by atoms with van der Waals surface area (Å²) in [5.41, 5.74) is 0.898. The minimum Gasteiger partial charge on any atom is -0.375 e. The van der Waals surface area contributed by atoms with Gasteiger partial charge in [-0.3, -0.25) is 9.69 Å². The van der Waals surface area contributed by atoms with Crippen LogP contribution in [0.3, 0.4) is 0 Å². The molecule has 6 nitrogen and oxygen atoms in total. The Bertz CT molecular complexity index is 920. The predicted octanol–water partition coefficient (Wildman–Crippen LogP) is 4.81. The topological polar surface area (TPSA) is 60.2 Å². The van der Waals surface area contributed by atoms with E-state index in [0.717, 1.165) is 37.7 Å². The van der Waals surface area contributed by atoms with E-state index in [9.17, 15) is 4.79 Å². The van der Waals surface area contributed by atoms with Crippen molar-refractivity contribution in [2.45, 2.75) is 69.4 Å². The molecule has 2 aliphatic carbocycles. The number of carbonyl (C=O) groups is 1. The number of methoxy groups -OCH3 is 1. The summed E-state index contributed by atoms with van der Waals surface area (Å²) >= 11 is 6.09. The van der Waals surface area contributed by atoms with Crippen LogP contribution >= 0.6 is 11.6 Å².